The van der Waals surface area contributed by atoms with E-state index in [4.69, 9.17) is 13.3 Å². The first-order valence-corrected chi connectivity index (χ1v) is 15.4. The molecule has 0 amide bonds. The minimum Gasteiger partial charge on any atom is -0.456 e. The van der Waals surface area contributed by atoms with Crippen molar-refractivity contribution in [1.82, 2.24) is 0 Å². The second-order valence-corrected chi connectivity index (χ2v) is 11.7. The van der Waals surface area contributed by atoms with E-state index in [9.17, 15) is 0 Å². The van der Waals surface area contributed by atoms with Crippen LogP contribution in [-0.4, -0.2) is 0 Å². The van der Waals surface area contributed by atoms with Crippen LogP contribution < -0.4 is 4.90 Å². The number of anilines is 3. The summed E-state index contributed by atoms with van der Waals surface area (Å²) in [7, 11) is 0. The number of nitrogens with zero attached hydrogens (tertiary/aromatic N) is 1. The predicted molar refractivity (Wildman–Crippen MR) is 188 cm³/mol. The fourth-order valence-electron chi connectivity index (χ4n) is 7.06. The summed E-state index contributed by atoms with van der Waals surface area (Å²) in [6.07, 6.45) is 0. The van der Waals surface area contributed by atoms with E-state index < -0.39 is 0 Å². The van der Waals surface area contributed by atoms with Crippen LogP contribution in [0.4, 0.5) is 17.1 Å². The predicted octanol–water partition coefficient (Wildman–Crippen LogP) is 12.5. The molecule has 3 aromatic heterocycles. The summed E-state index contributed by atoms with van der Waals surface area (Å²) in [4.78, 5) is 2.30. The van der Waals surface area contributed by atoms with Crippen LogP contribution in [0.15, 0.2) is 165 Å². The highest BCUT2D eigenvalue weighted by Gasteiger charge is 2.24. The van der Waals surface area contributed by atoms with Gasteiger partial charge in [-0.15, -0.1) is 0 Å². The molecule has 4 heteroatoms. The van der Waals surface area contributed by atoms with Crippen LogP contribution in [0.1, 0.15) is 0 Å². The summed E-state index contributed by atoms with van der Waals surface area (Å²) in [6, 6.07) is 52.3. The van der Waals surface area contributed by atoms with Gasteiger partial charge in [-0.05, 0) is 60.7 Å². The van der Waals surface area contributed by atoms with Crippen molar-refractivity contribution >= 4 is 82.9 Å². The van der Waals surface area contributed by atoms with Crippen LogP contribution in [-0.2, 0) is 0 Å². The lowest BCUT2D eigenvalue weighted by Gasteiger charge is -2.26. The quantitative estimate of drug-likeness (QED) is 0.204. The Bertz CT molecular complexity index is 2710. The molecular weight excluding hydrogens is 566 g/mol. The maximum absolute atomic E-state index is 6.83. The first-order chi connectivity index (χ1) is 22.8. The maximum atomic E-state index is 6.83. The standard InChI is InChI=1S/C42H25NO3/c1-3-12-26(13-4-1)43(27-14-5-2-6-15-27)28-24-33(31-19-11-18-30-29-16-7-9-20-35(29)45-41(30)31)42-34(25-28)40-38(46-42)23-22-37-39(40)32-17-8-10-21-36(32)44-37/h1-25H. The van der Waals surface area contributed by atoms with E-state index in [1.165, 1.54) is 0 Å². The summed E-state index contributed by atoms with van der Waals surface area (Å²) in [5, 5.41) is 6.36. The molecule has 4 nitrogen and oxygen atoms in total. The average Bonchev–Trinajstić information content (AvgIpc) is 3.80. The molecule has 0 radical (unpaired) electrons. The smallest absolute Gasteiger partial charge is 0.143 e. The third kappa shape index (κ3) is 3.61. The third-order valence-corrected chi connectivity index (χ3v) is 9.04. The summed E-state index contributed by atoms with van der Waals surface area (Å²) in [5.74, 6) is 0. The molecule has 0 N–H and O–H groups in total. The van der Waals surface area contributed by atoms with Crippen LogP contribution in [0.3, 0.4) is 0 Å². The molecule has 0 bridgehead atoms. The highest BCUT2D eigenvalue weighted by molar-refractivity contribution is 6.27. The maximum Gasteiger partial charge on any atom is 0.143 e. The van der Waals surface area contributed by atoms with E-state index in [-0.39, 0.29) is 0 Å². The van der Waals surface area contributed by atoms with Crippen LogP contribution in [0.25, 0.3) is 76.9 Å². The van der Waals surface area contributed by atoms with E-state index in [1.807, 2.05) is 48.5 Å². The number of furan rings is 3. The molecule has 0 unspecified atom stereocenters. The molecule has 0 fully saturated rings. The first-order valence-electron chi connectivity index (χ1n) is 15.4. The molecule has 0 aliphatic rings. The monoisotopic (exact) mass is 591 g/mol. The Hall–Kier alpha value is -6.26. The molecule has 0 spiro atoms. The molecule has 10 rings (SSSR count). The van der Waals surface area contributed by atoms with E-state index in [1.54, 1.807) is 0 Å². The fraction of sp³-hybridized carbons (Fsp3) is 0. The highest BCUT2D eigenvalue weighted by atomic mass is 16.3. The summed E-state index contributed by atoms with van der Waals surface area (Å²) < 4.78 is 19.7. The fourth-order valence-corrected chi connectivity index (χ4v) is 7.06. The lowest BCUT2D eigenvalue weighted by atomic mass is 9.97. The van der Waals surface area contributed by atoms with E-state index in [0.29, 0.717) is 0 Å². The second kappa shape index (κ2) is 9.62. The highest BCUT2D eigenvalue weighted by Crippen LogP contribution is 2.48. The minimum absolute atomic E-state index is 0.811. The second-order valence-electron chi connectivity index (χ2n) is 11.7. The molecule has 0 aliphatic heterocycles. The normalized spacial score (nSPS) is 11.9. The summed E-state index contributed by atoms with van der Waals surface area (Å²) >= 11 is 0. The molecule has 0 saturated carbocycles. The number of benzene rings is 7. The van der Waals surface area contributed by atoms with Crippen molar-refractivity contribution in [2.24, 2.45) is 0 Å². The van der Waals surface area contributed by atoms with Gasteiger partial charge < -0.3 is 18.2 Å². The zero-order valence-corrected chi connectivity index (χ0v) is 24.6. The van der Waals surface area contributed by atoms with Gasteiger partial charge in [0, 0.05) is 60.5 Å². The molecule has 0 aliphatic carbocycles. The van der Waals surface area contributed by atoms with E-state index >= 15 is 0 Å². The van der Waals surface area contributed by atoms with Crippen molar-refractivity contribution in [3.63, 3.8) is 0 Å². The Kier molecular flexibility index (Phi) is 5.25. The Morgan fingerprint density at radius 2 is 0.870 bits per heavy atom. The molecule has 0 saturated heterocycles. The molecule has 0 atom stereocenters. The Labute approximate surface area is 263 Å². The third-order valence-electron chi connectivity index (χ3n) is 9.04. The van der Waals surface area contributed by atoms with Gasteiger partial charge in [-0.1, -0.05) is 91.0 Å². The number of fused-ring (bicyclic) bond motifs is 10. The Balaban J connectivity index is 1.37. The number of rotatable bonds is 4. The molecule has 216 valence electrons. The first kappa shape index (κ1) is 25.1. The van der Waals surface area contributed by atoms with Crippen LogP contribution in [0.2, 0.25) is 0 Å². The van der Waals surface area contributed by atoms with Gasteiger partial charge in [0.05, 0.1) is 0 Å². The van der Waals surface area contributed by atoms with Crippen molar-refractivity contribution in [3.05, 3.63) is 152 Å². The van der Waals surface area contributed by atoms with Gasteiger partial charge in [-0.25, -0.2) is 0 Å². The van der Waals surface area contributed by atoms with Gasteiger partial charge in [0.15, 0.2) is 0 Å². The van der Waals surface area contributed by atoms with E-state index in [0.717, 1.165) is 94.0 Å². The number of hydrogen-bond donors (Lipinski definition) is 0. The molecule has 7 aromatic carbocycles. The summed E-state index contributed by atoms with van der Waals surface area (Å²) in [6.45, 7) is 0. The number of para-hydroxylation sites is 5. The van der Waals surface area contributed by atoms with Gasteiger partial charge in [0.1, 0.15) is 33.5 Å². The van der Waals surface area contributed by atoms with E-state index in [2.05, 4.69) is 108 Å². The van der Waals surface area contributed by atoms with Crippen molar-refractivity contribution < 1.29 is 13.3 Å². The Morgan fingerprint density at radius 3 is 1.61 bits per heavy atom. The van der Waals surface area contributed by atoms with Gasteiger partial charge in [-0.3, -0.25) is 0 Å². The molecule has 10 aromatic rings. The zero-order chi connectivity index (χ0) is 30.2. The molecule has 46 heavy (non-hydrogen) atoms. The Morgan fingerprint density at radius 1 is 0.326 bits per heavy atom. The van der Waals surface area contributed by atoms with Crippen molar-refractivity contribution in [3.8, 4) is 11.1 Å². The minimum atomic E-state index is 0.811. The molecular formula is C42H25NO3. The SMILES string of the molecule is c1ccc(N(c2ccccc2)c2cc(-c3cccc4c3oc3ccccc34)c3oc4ccc5oc6ccccc6c5c4c3c2)cc1. The van der Waals surface area contributed by atoms with Crippen molar-refractivity contribution in [2.75, 3.05) is 4.90 Å². The largest absolute Gasteiger partial charge is 0.456 e. The number of hydrogen-bond acceptors (Lipinski definition) is 4. The van der Waals surface area contributed by atoms with Gasteiger partial charge in [-0.2, -0.15) is 0 Å². The average molecular weight is 592 g/mol. The van der Waals surface area contributed by atoms with Crippen molar-refractivity contribution in [2.45, 2.75) is 0 Å². The van der Waals surface area contributed by atoms with Crippen LogP contribution >= 0.6 is 0 Å². The van der Waals surface area contributed by atoms with Crippen LogP contribution in [0.5, 0.6) is 0 Å². The molecule has 3 heterocycles. The van der Waals surface area contributed by atoms with Gasteiger partial charge in [0.25, 0.3) is 0 Å². The van der Waals surface area contributed by atoms with Gasteiger partial charge in [0.2, 0.25) is 0 Å². The van der Waals surface area contributed by atoms with Crippen molar-refractivity contribution in [1.29, 1.82) is 0 Å². The van der Waals surface area contributed by atoms with Gasteiger partial charge >= 0.3 is 0 Å². The zero-order valence-electron chi connectivity index (χ0n) is 24.6. The van der Waals surface area contributed by atoms with Crippen LogP contribution in [0, 0.1) is 0 Å². The lowest BCUT2D eigenvalue weighted by molar-refractivity contribution is 0.662. The summed E-state index contributed by atoms with van der Waals surface area (Å²) in [5.41, 5.74) is 10.1. The lowest BCUT2D eigenvalue weighted by Crippen LogP contribution is -2.09. The topological polar surface area (TPSA) is 42.7 Å².